The average molecular weight is 441 g/mol. The van der Waals surface area contributed by atoms with Gasteiger partial charge in [-0.2, -0.15) is 0 Å². The maximum atomic E-state index is 13.1. The van der Waals surface area contributed by atoms with Crippen LogP contribution in [0.1, 0.15) is 13.3 Å². The molecule has 2 bridgehead atoms. The van der Waals surface area contributed by atoms with E-state index in [9.17, 15) is 14.4 Å². The van der Waals surface area contributed by atoms with Crippen molar-refractivity contribution in [1.82, 2.24) is 10.2 Å². The van der Waals surface area contributed by atoms with Crippen LogP contribution in [0, 0.1) is 29.6 Å². The van der Waals surface area contributed by atoms with Crippen LogP contribution in [0.2, 0.25) is 6.04 Å². The first-order valence-corrected chi connectivity index (χ1v) is 12.4. The highest BCUT2D eigenvalue weighted by molar-refractivity contribution is 6.60. The van der Waals surface area contributed by atoms with Gasteiger partial charge in [0.1, 0.15) is 0 Å². The maximum Gasteiger partial charge on any atom is 0.500 e. The van der Waals surface area contributed by atoms with Crippen molar-refractivity contribution in [2.24, 2.45) is 29.6 Å². The molecule has 1 saturated heterocycles. The van der Waals surface area contributed by atoms with Crippen LogP contribution < -0.4 is 5.32 Å². The number of fused-ring (bicyclic) bond motifs is 5. The summed E-state index contributed by atoms with van der Waals surface area (Å²) in [5, 5.41) is 2.71. The number of nitrogens with one attached hydrogen (secondary N) is 1. The molecule has 1 aliphatic heterocycles. The number of hydrogen-bond acceptors (Lipinski definition) is 7. The van der Waals surface area contributed by atoms with Gasteiger partial charge in [-0.3, -0.25) is 19.3 Å². The second-order valence-corrected chi connectivity index (χ2v) is 10.8. The third-order valence-corrected chi connectivity index (χ3v) is 9.47. The van der Waals surface area contributed by atoms with E-state index in [2.05, 4.69) is 17.5 Å². The third-order valence-electron chi connectivity index (χ3n) is 6.53. The maximum absolute atomic E-state index is 13.1. The molecule has 0 aromatic carbocycles. The molecule has 0 aromatic heterocycles. The van der Waals surface area contributed by atoms with Crippen molar-refractivity contribution in [3.63, 3.8) is 0 Å². The van der Waals surface area contributed by atoms with E-state index >= 15 is 0 Å². The summed E-state index contributed by atoms with van der Waals surface area (Å²) in [6.07, 6.45) is 4.21. The number of imide groups is 1. The van der Waals surface area contributed by atoms with Crippen LogP contribution in [0.3, 0.4) is 0 Å². The van der Waals surface area contributed by atoms with Crippen molar-refractivity contribution < 1.29 is 32.4 Å². The van der Waals surface area contributed by atoms with Crippen LogP contribution in [0.25, 0.3) is 0 Å². The monoisotopic (exact) mass is 440 g/mol. The zero-order valence-corrected chi connectivity index (χ0v) is 19.1. The number of hydrogen-bond donors (Lipinski definition) is 1. The van der Waals surface area contributed by atoms with Crippen LogP contribution in [0.4, 0.5) is 0 Å². The predicted octanol–water partition coefficient (Wildman–Crippen LogP) is 0.441. The van der Waals surface area contributed by atoms with E-state index in [1.807, 2.05) is 6.92 Å². The standard InChI is InChI=1S/C20H32N2O7Si/c1-5-29-30(27-3,28-4)12-15-13-6-7-14(15)18-17(13)19(24)22(20(18)25)10-8-16(23)21-9-11-26-2/h6-7,13-15,17-18H,5,8-12H2,1-4H3,(H,21,23). The summed E-state index contributed by atoms with van der Waals surface area (Å²) in [5.41, 5.74) is 0. The molecule has 0 radical (unpaired) electrons. The van der Waals surface area contributed by atoms with Gasteiger partial charge in [0.05, 0.1) is 18.4 Å². The van der Waals surface area contributed by atoms with E-state index in [0.29, 0.717) is 25.8 Å². The fourth-order valence-corrected chi connectivity index (χ4v) is 7.59. The first-order chi connectivity index (χ1) is 14.4. The zero-order valence-electron chi connectivity index (χ0n) is 18.1. The van der Waals surface area contributed by atoms with Crippen LogP contribution in [-0.2, 0) is 32.4 Å². The van der Waals surface area contributed by atoms with Crippen molar-refractivity contribution in [2.45, 2.75) is 19.4 Å². The molecule has 9 nitrogen and oxygen atoms in total. The van der Waals surface area contributed by atoms with Gasteiger partial charge in [0, 0.05) is 53.5 Å². The molecular formula is C20H32N2O7Si. The second kappa shape index (κ2) is 9.69. The molecule has 168 valence electrons. The average Bonchev–Trinajstić information content (AvgIpc) is 3.35. The summed E-state index contributed by atoms with van der Waals surface area (Å²) in [7, 11) is 1.89. The van der Waals surface area contributed by atoms with E-state index < -0.39 is 8.80 Å². The highest BCUT2D eigenvalue weighted by Gasteiger charge is 2.65. The lowest BCUT2D eigenvalue weighted by Crippen LogP contribution is -2.47. The summed E-state index contributed by atoms with van der Waals surface area (Å²) in [4.78, 5) is 39.4. The van der Waals surface area contributed by atoms with Gasteiger partial charge in [0.2, 0.25) is 17.7 Å². The highest BCUT2D eigenvalue weighted by Crippen LogP contribution is 2.58. The van der Waals surface area contributed by atoms with E-state index in [0.717, 1.165) is 0 Å². The Morgan fingerprint density at radius 1 is 1.10 bits per heavy atom. The lowest BCUT2D eigenvalue weighted by atomic mass is 9.85. The summed E-state index contributed by atoms with van der Waals surface area (Å²) in [5.74, 6) is -1.25. The van der Waals surface area contributed by atoms with E-state index in [4.69, 9.17) is 18.0 Å². The van der Waals surface area contributed by atoms with Gasteiger partial charge < -0.3 is 23.3 Å². The number of carbonyl (C=O) groups excluding carboxylic acids is 3. The molecule has 1 heterocycles. The molecule has 2 fully saturated rings. The van der Waals surface area contributed by atoms with Gasteiger partial charge in [-0.1, -0.05) is 12.2 Å². The number of ether oxygens (including phenoxy) is 1. The number of carbonyl (C=O) groups is 3. The lowest BCUT2D eigenvalue weighted by molar-refractivity contribution is -0.141. The zero-order chi connectivity index (χ0) is 21.9. The number of amides is 3. The molecule has 1 N–H and O–H groups in total. The number of likely N-dealkylation sites (tertiary alicyclic amines) is 1. The molecule has 3 amide bonds. The van der Waals surface area contributed by atoms with Gasteiger partial charge in [0.15, 0.2) is 0 Å². The molecular weight excluding hydrogens is 408 g/mol. The molecule has 0 spiro atoms. The largest absolute Gasteiger partial charge is 0.500 e. The van der Waals surface area contributed by atoms with Crippen LogP contribution in [0.15, 0.2) is 12.2 Å². The van der Waals surface area contributed by atoms with E-state index in [1.54, 1.807) is 21.3 Å². The molecule has 10 heteroatoms. The molecule has 0 aromatic rings. The second-order valence-electron chi connectivity index (χ2n) is 7.90. The Balaban J connectivity index is 1.65. The van der Waals surface area contributed by atoms with Gasteiger partial charge in [-0.25, -0.2) is 0 Å². The summed E-state index contributed by atoms with van der Waals surface area (Å²) < 4.78 is 22.0. The first kappa shape index (κ1) is 23.1. The molecule has 30 heavy (non-hydrogen) atoms. The molecule has 4 atom stereocenters. The summed E-state index contributed by atoms with van der Waals surface area (Å²) >= 11 is 0. The molecule has 3 aliphatic rings. The molecule has 3 rings (SSSR count). The minimum atomic E-state index is -2.85. The number of allylic oxidation sites excluding steroid dienone is 2. The van der Waals surface area contributed by atoms with Crippen molar-refractivity contribution in [3.8, 4) is 0 Å². The predicted molar refractivity (Wildman–Crippen MR) is 109 cm³/mol. The Bertz CT molecular complexity index is 665. The summed E-state index contributed by atoms with van der Waals surface area (Å²) in [6, 6.07) is 0.575. The molecule has 4 unspecified atom stereocenters. The van der Waals surface area contributed by atoms with Gasteiger partial charge in [0.25, 0.3) is 0 Å². The Morgan fingerprint density at radius 2 is 1.70 bits per heavy atom. The normalized spacial score (nSPS) is 29.7. The van der Waals surface area contributed by atoms with Crippen LogP contribution in [-0.4, -0.2) is 79.1 Å². The third kappa shape index (κ3) is 4.11. The first-order valence-electron chi connectivity index (χ1n) is 10.5. The number of methoxy groups -OCH3 is 1. The Kier molecular flexibility index (Phi) is 7.46. The minimum absolute atomic E-state index is 0.0328. The van der Waals surface area contributed by atoms with Crippen molar-refractivity contribution in [2.75, 3.05) is 47.6 Å². The lowest BCUT2D eigenvalue weighted by Gasteiger charge is -2.31. The fourth-order valence-electron chi connectivity index (χ4n) is 5.18. The number of rotatable bonds is 12. The highest BCUT2D eigenvalue weighted by atomic mass is 28.4. The quantitative estimate of drug-likeness (QED) is 0.203. The van der Waals surface area contributed by atoms with Gasteiger partial charge in [-0.05, 0) is 24.7 Å². The fraction of sp³-hybridized carbons (Fsp3) is 0.750. The molecule has 2 aliphatic carbocycles. The van der Waals surface area contributed by atoms with Crippen molar-refractivity contribution in [1.29, 1.82) is 0 Å². The Labute approximate surface area is 178 Å². The minimum Gasteiger partial charge on any atom is -0.383 e. The van der Waals surface area contributed by atoms with Gasteiger partial charge >= 0.3 is 8.80 Å². The number of nitrogens with zero attached hydrogens (tertiary/aromatic N) is 1. The van der Waals surface area contributed by atoms with E-state index in [-0.39, 0.29) is 60.3 Å². The SMILES string of the molecule is CCO[Si](CC1C2C=CC1C1C(=O)N(CCC(=O)NCCOC)C(=O)C21)(OC)OC. The van der Waals surface area contributed by atoms with Crippen molar-refractivity contribution >= 4 is 26.5 Å². The topological polar surface area (TPSA) is 103 Å². The van der Waals surface area contributed by atoms with Gasteiger partial charge in [-0.15, -0.1) is 0 Å². The molecule has 1 saturated carbocycles. The van der Waals surface area contributed by atoms with Crippen molar-refractivity contribution in [3.05, 3.63) is 12.2 Å². The van der Waals surface area contributed by atoms with E-state index in [1.165, 1.54) is 4.90 Å². The van der Waals surface area contributed by atoms with Crippen LogP contribution in [0.5, 0.6) is 0 Å². The Hall–Kier alpha value is -1.59. The summed E-state index contributed by atoms with van der Waals surface area (Å²) in [6.45, 7) is 3.31. The Morgan fingerprint density at radius 3 is 2.20 bits per heavy atom. The van der Waals surface area contributed by atoms with Crippen LogP contribution >= 0.6 is 0 Å². The smallest absolute Gasteiger partial charge is 0.383 e.